The minimum absolute atomic E-state index is 0.221. The van der Waals surface area contributed by atoms with Gasteiger partial charge in [-0.3, -0.25) is 25.0 Å². The molecule has 0 aliphatic carbocycles. The quantitative estimate of drug-likeness (QED) is 0.269. The Balaban J connectivity index is 1.20. The number of aromatic amines is 2. The van der Waals surface area contributed by atoms with Gasteiger partial charge in [0.25, 0.3) is 0 Å². The molecule has 6 aromatic heterocycles. The maximum atomic E-state index is 13.7. The molecule has 10 heteroatoms. The summed E-state index contributed by atoms with van der Waals surface area (Å²) in [5.74, 6) is 0.733. The number of aromatic nitrogens is 6. The van der Waals surface area contributed by atoms with Crippen molar-refractivity contribution in [2.24, 2.45) is 0 Å². The van der Waals surface area contributed by atoms with Crippen molar-refractivity contribution < 1.29 is 9.13 Å². The molecule has 1 aliphatic heterocycles. The molecule has 190 valence electrons. The standard InChI is InChI=1S/C28H24FN7OS/c29-27-4-3-26(38-27)21-14-31-15-24-19(21)10-23(33-24)28-20-11-22(32-16-25(20)34-35-28)17-9-18(13-30-12-17)37-8-7-36-5-1-2-6-36/h3-4,9-16,33H,1-2,5-8H2,(H,34,35). The van der Waals surface area contributed by atoms with Gasteiger partial charge in [0.2, 0.25) is 0 Å². The highest BCUT2D eigenvalue weighted by Crippen LogP contribution is 2.36. The Hall–Kier alpha value is -4.15. The van der Waals surface area contributed by atoms with Gasteiger partial charge in [0.15, 0.2) is 5.13 Å². The molecule has 38 heavy (non-hydrogen) atoms. The van der Waals surface area contributed by atoms with Crippen molar-refractivity contribution in [1.82, 2.24) is 35.0 Å². The Morgan fingerprint density at radius 2 is 1.84 bits per heavy atom. The van der Waals surface area contributed by atoms with Crippen LogP contribution in [0.25, 0.3) is 54.9 Å². The summed E-state index contributed by atoms with van der Waals surface area (Å²) < 4.78 is 19.7. The van der Waals surface area contributed by atoms with E-state index in [1.807, 2.05) is 18.2 Å². The van der Waals surface area contributed by atoms with E-state index in [0.29, 0.717) is 6.61 Å². The van der Waals surface area contributed by atoms with Crippen LogP contribution in [0.15, 0.2) is 61.3 Å². The van der Waals surface area contributed by atoms with Crippen molar-refractivity contribution >= 4 is 33.1 Å². The molecule has 0 radical (unpaired) electrons. The van der Waals surface area contributed by atoms with Gasteiger partial charge >= 0.3 is 0 Å². The summed E-state index contributed by atoms with van der Waals surface area (Å²) in [6.45, 7) is 3.87. The number of nitrogens with one attached hydrogen (secondary N) is 2. The molecule has 1 fully saturated rings. The highest BCUT2D eigenvalue weighted by molar-refractivity contribution is 7.14. The molecule has 0 atom stereocenters. The summed E-state index contributed by atoms with van der Waals surface area (Å²) in [5.41, 5.74) is 5.84. The first-order valence-electron chi connectivity index (χ1n) is 12.6. The maximum Gasteiger partial charge on any atom is 0.176 e. The van der Waals surface area contributed by atoms with Gasteiger partial charge in [-0.1, -0.05) is 0 Å². The predicted molar refractivity (Wildman–Crippen MR) is 147 cm³/mol. The zero-order valence-electron chi connectivity index (χ0n) is 20.4. The summed E-state index contributed by atoms with van der Waals surface area (Å²) in [6, 6.07) is 9.29. The number of hydrogen-bond donors (Lipinski definition) is 2. The molecular weight excluding hydrogens is 501 g/mol. The lowest BCUT2D eigenvalue weighted by molar-refractivity contribution is 0.237. The number of rotatable bonds is 7. The summed E-state index contributed by atoms with van der Waals surface area (Å²) in [4.78, 5) is 20.1. The van der Waals surface area contributed by atoms with Gasteiger partial charge in [0.1, 0.15) is 18.1 Å². The lowest BCUT2D eigenvalue weighted by atomic mass is 10.1. The highest BCUT2D eigenvalue weighted by Gasteiger charge is 2.16. The van der Waals surface area contributed by atoms with Crippen LogP contribution in [0.3, 0.4) is 0 Å². The van der Waals surface area contributed by atoms with Gasteiger partial charge in [-0.15, -0.1) is 11.3 Å². The molecule has 7 heterocycles. The van der Waals surface area contributed by atoms with Gasteiger partial charge in [-0.05, 0) is 56.3 Å². The fourth-order valence-corrected chi connectivity index (χ4v) is 5.81. The molecule has 2 N–H and O–H groups in total. The largest absolute Gasteiger partial charge is 0.491 e. The second kappa shape index (κ2) is 9.62. The number of likely N-dealkylation sites (tertiary alicyclic amines) is 1. The van der Waals surface area contributed by atoms with E-state index in [0.717, 1.165) is 91.6 Å². The lowest BCUT2D eigenvalue weighted by Crippen LogP contribution is -2.25. The maximum absolute atomic E-state index is 13.7. The molecule has 7 rings (SSSR count). The lowest BCUT2D eigenvalue weighted by Gasteiger charge is -2.15. The molecule has 1 saturated heterocycles. The van der Waals surface area contributed by atoms with Crippen LogP contribution in [0, 0.1) is 5.13 Å². The van der Waals surface area contributed by atoms with Crippen LogP contribution in [-0.4, -0.2) is 61.3 Å². The monoisotopic (exact) mass is 525 g/mol. The predicted octanol–water partition coefficient (Wildman–Crippen LogP) is 5.91. The van der Waals surface area contributed by atoms with Gasteiger partial charge in [-0.2, -0.15) is 9.49 Å². The third-order valence-corrected chi connectivity index (χ3v) is 7.88. The average Bonchev–Trinajstić information content (AvgIpc) is 3.74. The Labute approximate surface area is 221 Å². The molecule has 8 nitrogen and oxygen atoms in total. The number of H-pyrrole nitrogens is 2. The fraction of sp³-hybridized carbons (Fsp3) is 0.214. The number of pyridine rings is 3. The molecule has 0 bridgehead atoms. The van der Waals surface area contributed by atoms with Gasteiger partial charge in [0.05, 0.1) is 41.0 Å². The van der Waals surface area contributed by atoms with E-state index in [1.165, 1.54) is 18.9 Å². The van der Waals surface area contributed by atoms with Crippen molar-refractivity contribution in [3.05, 3.63) is 66.4 Å². The molecule has 1 aliphatic rings. The Bertz CT molecular complexity index is 1750. The second-order valence-corrected chi connectivity index (χ2v) is 10.5. The van der Waals surface area contributed by atoms with E-state index in [2.05, 4.69) is 35.0 Å². The molecule has 0 unspecified atom stereocenters. The van der Waals surface area contributed by atoms with Crippen molar-refractivity contribution in [1.29, 1.82) is 0 Å². The van der Waals surface area contributed by atoms with Crippen LogP contribution < -0.4 is 4.74 Å². The van der Waals surface area contributed by atoms with Crippen LogP contribution >= 0.6 is 11.3 Å². The average molecular weight is 526 g/mol. The molecule has 0 saturated carbocycles. The van der Waals surface area contributed by atoms with E-state index in [9.17, 15) is 4.39 Å². The van der Waals surface area contributed by atoms with Crippen molar-refractivity contribution in [3.63, 3.8) is 0 Å². The summed E-state index contributed by atoms with van der Waals surface area (Å²) in [6.07, 6.45) is 11.4. The molecule has 6 aromatic rings. The third-order valence-electron chi connectivity index (χ3n) is 6.97. The number of hydrogen-bond acceptors (Lipinski definition) is 7. The zero-order chi connectivity index (χ0) is 25.5. The van der Waals surface area contributed by atoms with E-state index >= 15 is 0 Å². The number of nitrogens with zero attached hydrogens (tertiary/aromatic N) is 5. The van der Waals surface area contributed by atoms with Crippen molar-refractivity contribution in [3.8, 4) is 38.8 Å². The Morgan fingerprint density at radius 3 is 2.71 bits per heavy atom. The normalized spacial score (nSPS) is 14.1. The summed E-state index contributed by atoms with van der Waals surface area (Å²) in [7, 11) is 0. The minimum Gasteiger partial charge on any atom is -0.491 e. The second-order valence-electron chi connectivity index (χ2n) is 9.43. The zero-order valence-corrected chi connectivity index (χ0v) is 21.3. The van der Waals surface area contributed by atoms with Crippen molar-refractivity contribution in [2.45, 2.75) is 12.8 Å². The number of fused-ring (bicyclic) bond motifs is 2. The van der Waals surface area contributed by atoms with Crippen LogP contribution in [-0.2, 0) is 0 Å². The van der Waals surface area contributed by atoms with E-state index in [-0.39, 0.29) is 5.13 Å². The first-order chi connectivity index (χ1) is 18.7. The topological polar surface area (TPSA) is 95.6 Å². The number of ether oxygens (including phenoxy) is 1. The van der Waals surface area contributed by atoms with Crippen LogP contribution in [0.4, 0.5) is 4.39 Å². The fourth-order valence-electron chi connectivity index (χ4n) is 5.05. The van der Waals surface area contributed by atoms with Crippen LogP contribution in [0.1, 0.15) is 12.8 Å². The third kappa shape index (κ3) is 4.31. The number of thiophene rings is 1. The first kappa shape index (κ1) is 23.0. The Morgan fingerprint density at radius 1 is 0.947 bits per heavy atom. The van der Waals surface area contributed by atoms with Crippen LogP contribution in [0.2, 0.25) is 0 Å². The first-order valence-corrected chi connectivity index (χ1v) is 13.4. The highest BCUT2D eigenvalue weighted by atomic mass is 32.1. The SMILES string of the molecule is Fc1ccc(-c2cncc3[nH]c(-c4n[nH]c5cnc(-c6cncc(OCCN7CCCC7)c6)cc45)cc23)s1. The van der Waals surface area contributed by atoms with E-state index < -0.39 is 0 Å². The van der Waals surface area contributed by atoms with Crippen LogP contribution in [0.5, 0.6) is 5.75 Å². The van der Waals surface area contributed by atoms with Gasteiger partial charge < -0.3 is 9.72 Å². The summed E-state index contributed by atoms with van der Waals surface area (Å²) >= 11 is 1.11. The van der Waals surface area contributed by atoms with E-state index in [1.54, 1.807) is 37.1 Å². The molecule has 0 spiro atoms. The smallest absolute Gasteiger partial charge is 0.176 e. The molecule has 0 amide bonds. The Kier molecular flexibility index (Phi) is 5.82. The van der Waals surface area contributed by atoms with Gasteiger partial charge in [0, 0.05) is 45.7 Å². The van der Waals surface area contributed by atoms with E-state index in [4.69, 9.17) is 4.74 Å². The van der Waals surface area contributed by atoms with Crippen molar-refractivity contribution in [2.75, 3.05) is 26.2 Å². The molecular formula is C28H24FN7OS. The number of halogens is 1. The van der Waals surface area contributed by atoms with Gasteiger partial charge in [-0.25, -0.2) is 0 Å². The molecule has 0 aromatic carbocycles. The summed E-state index contributed by atoms with van der Waals surface area (Å²) in [5, 5.41) is 9.34. The minimum atomic E-state index is -0.221.